The molecule has 0 aliphatic rings. The van der Waals surface area contributed by atoms with Crippen LogP contribution in [0.2, 0.25) is 0 Å². The number of nitrogens with zero attached hydrogens (tertiary/aromatic N) is 2. The highest BCUT2D eigenvalue weighted by atomic mass is 32.1. The van der Waals surface area contributed by atoms with Crippen LogP contribution >= 0.6 is 11.3 Å². The van der Waals surface area contributed by atoms with Crippen LogP contribution in [0.25, 0.3) is 12.2 Å². The van der Waals surface area contributed by atoms with E-state index in [-0.39, 0.29) is 5.56 Å². The number of rotatable bonds is 5. The predicted molar refractivity (Wildman–Crippen MR) is 91.1 cm³/mol. The molecule has 0 saturated carbocycles. The Morgan fingerprint density at radius 2 is 2.22 bits per heavy atom. The number of methoxy groups -OCH3 is 1. The fraction of sp³-hybridized carbons (Fsp3) is 0.176. The molecular weight excluding hydrogens is 312 g/mol. The van der Waals surface area contributed by atoms with Gasteiger partial charge in [0, 0.05) is 13.1 Å². The highest BCUT2D eigenvalue weighted by molar-refractivity contribution is 7.07. The lowest BCUT2D eigenvalue weighted by Crippen LogP contribution is -2.28. The summed E-state index contributed by atoms with van der Waals surface area (Å²) in [6, 6.07) is 7.37. The Morgan fingerprint density at radius 1 is 1.43 bits per heavy atom. The predicted octanol–water partition coefficient (Wildman–Crippen LogP) is 1.15. The minimum absolute atomic E-state index is 0.137. The van der Waals surface area contributed by atoms with Gasteiger partial charge in [0.05, 0.1) is 17.7 Å². The molecule has 2 aromatic rings. The Balaban J connectivity index is 2.50. The van der Waals surface area contributed by atoms with E-state index < -0.39 is 0 Å². The number of hydrogen-bond acceptors (Lipinski definition) is 5. The van der Waals surface area contributed by atoms with Crippen LogP contribution in [-0.2, 0) is 7.05 Å². The molecule has 0 radical (unpaired) electrons. The number of nitriles is 1. The fourth-order valence-electron chi connectivity index (χ4n) is 1.96. The van der Waals surface area contributed by atoms with Gasteiger partial charge >= 0.3 is 0 Å². The maximum atomic E-state index is 12.2. The van der Waals surface area contributed by atoms with E-state index >= 15 is 0 Å². The highest BCUT2D eigenvalue weighted by Gasteiger charge is 2.05. The molecule has 0 amide bonds. The summed E-state index contributed by atoms with van der Waals surface area (Å²) >= 11 is 1.27. The van der Waals surface area contributed by atoms with Gasteiger partial charge in [-0.05, 0) is 23.8 Å². The molecule has 1 heterocycles. The first-order valence-electron chi connectivity index (χ1n) is 6.79. The summed E-state index contributed by atoms with van der Waals surface area (Å²) in [5.74, 6) is 1.19. The summed E-state index contributed by atoms with van der Waals surface area (Å²) in [5, 5.41) is 8.74. The lowest BCUT2D eigenvalue weighted by Gasteiger charge is -2.09. The van der Waals surface area contributed by atoms with Crippen molar-refractivity contribution in [2.75, 3.05) is 13.7 Å². The summed E-state index contributed by atoms with van der Waals surface area (Å²) in [6.07, 6.45) is 4.78. The van der Waals surface area contributed by atoms with Crippen molar-refractivity contribution in [3.63, 3.8) is 0 Å². The van der Waals surface area contributed by atoms with Crippen molar-refractivity contribution in [1.82, 2.24) is 4.57 Å². The van der Waals surface area contributed by atoms with Crippen LogP contribution in [0.3, 0.4) is 0 Å². The maximum Gasteiger partial charge on any atom is 0.268 e. The molecule has 0 atom stereocenters. The van der Waals surface area contributed by atoms with Crippen LogP contribution in [-0.4, -0.2) is 18.3 Å². The van der Waals surface area contributed by atoms with Gasteiger partial charge in [0.2, 0.25) is 0 Å². The highest BCUT2D eigenvalue weighted by Crippen LogP contribution is 2.28. The Labute approximate surface area is 137 Å². The van der Waals surface area contributed by atoms with Crippen LogP contribution in [0, 0.1) is 11.3 Å². The number of aromatic nitrogens is 1. The van der Waals surface area contributed by atoms with Crippen molar-refractivity contribution in [1.29, 1.82) is 5.26 Å². The van der Waals surface area contributed by atoms with Crippen molar-refractivity contribution in [2.45, 2.75) is 0 Å². The quantitative estimate of drug-likeness (QED) is 0.773. The number of ether oxygens (including phenoxy) is 2. The molecular formula is C17H16N2O3S. The molecule has 6 heteroatoms. The lowest BCUT2D eigenvalue weighted by atomic mass is 10.2. The van der Waals surface area contributed by atoms with Gasteiger partial charge in [0.15, 0.2) is 11.5 Å². The molecule has 0 aliphatic carbocycles. The second-order valence-corrected chi connectivity index (χ2v) is 5.66. The minimum Gasteiger partial charge on any atom is -0.493 e. The second kappa shape index (κ2) is 7.47. The number of thiazole rings is 1. The second-order valence-electron chi connectivity index (χ2n) is 4.60. The van der Waals surface area contributed by atoms with Crippen molar-refractivity contribution < 1.29 is 9.47 Å². The van der Waals surface area contributed by atoms with Gasteiger partial charge in [-0.15, -0.1) is 11.3 Å². The smallest absolute Gasteiger partial charge is 0.268 e. The molecule has 0 bridgehead atoms. The molecule has 0 aliphatic heterocycles. The fourth-order valence-corrected chi connectivity index (χ4v) is 2.93. The molecule has 2 rings (SSSR count). The molecule has 0 N–H and O–H groups in total. The van der Waals surface area contributed by atoms with Crippen LogP contribution in [0.1, 0.15) is 5.56 Å². The zero-order chi connectivity index (χ0) is 16.8. The lowest BCUT2D eigenvalue weighted by molar-refractivity contribution is 0.326. The third-order valence-corrected chi connectivity index (χ3v) is 4.20. The van der Waals surface area contributed by atoms with E-state index in [1.807, 2.05) is 12.1 Å². The first kappa shape index (κ1) is 16.6. The monoisotopic (exact) mass is 328 g/mol. The van der Waals surface area contributed by atoms with Crippen LogP contribution in [0.4, 0.5) is 0 Å². The molecule has 1 aromatic carbocycles. The summed E-state index contributed by atoms with van der Waals surface area (Å²) in [4.78, 5) is 12.2. The number of benzene rings is 1. The first-order chi connectivity index (χ1) is 11.1. The van der Waals surface area contributed by atoms with Gasteiger partial charge in [-0.2, -0.15) is 5.26 Å². The summed E-state index contributed by atoms with van der Waals surface area (Å²) < 4.78 is 13.4. The Morgan fingerprint density at radius 3 is 2.87 bits per heavy atom. The topological polar surface area (TPSA) is 64.2 Å². The molecule has 0 spiro atoms. The Hall–Kier alpha value is -2.78. The Bertz CT molecular complexity index is 932. The van der Waals surface area contributed by atoms with Crippen molar-refractivity contribution in [3.8, 4) is 17.6 Å². The van der Waals surface area contributed by atoms with E-state index in [0.717, 1.165) is 5.56 Å². The average Bonchev–Trinajstić information content (AvgIpc) is 2.82. The summed E-state index contributed by atoms with van der Waals surface area (Å²) in [6.45, 7) is 3.99. The largest absolute Gasteiger partial charge is 0.493 e. The van der Waals surface area contributed by atoms with Gasteiger partial charge in [-0.1, -0.05) is 18.7 Å². The van der Waals surface area contributed by atoms with Crippen LogP contribution in [0.15, 0.2) is 35.6 Å². The minimum atomic E-state index is -0.137. The van der Waals surface area contributed by atoms with E-state index in [4.69, 9.17) is 14.7 Å². The molecule has 0 saturated heterocycles. The molecule has 0 fully saturated rings. The van der Waals surface area contributed by atoms with Gasteiger partial charge in [-0.3, -0.25) is 4.79 Å². The Kier molecular flexibility index (Phi) is 5.39. The van der Waals surface area contributed by atoms with E-state index in [9.17, 15) is 4.79 Å². The van der Waals surface area contributed by atoms with E-state index in [2.05, 4.69) is 6.58 Å². The third-order valence-electron chi connectivity index (χ3n) is 3.09. The first-order valence-corrected chi connectivity index (χ1v) is 7.61. The van der Waals surface area contributed by atoms with Crippen molar-refractivity contribution in [2.24, 2.45) is 7.05 Å². The van der Waals surface area contributed by atoms with Gasteiger partial charge in [0.1, 0.15) is 11.3 Å². The van der Waals surface area contributed by atoms with Gasteiger partial charge in [0.25, 0.3) is 5.56 Å². The number of hydrogen-bond donors (Lipinski definition) is 0. The normalized spacial score (nSPS) is 12.0. The molecule has 1 aromatic heterocycles. The molecule has 0 unspecified atom stereocenters. The SMILES string of the molecule is C=CCOc1ccc(/C=c2\s/c(=C\C#N)n(C)c2=O)cc1OC. The molecule has 118 valence electrons. The summed E-state index contributed by atoms with van der Waals surface area (Å²) in [7, 11) is 3.20. The van der Waals surface area contributed by atoms with Gasteiger partial charge in [-0.25, -0.2) is 0 Å². The molecule has 5 nitrogen and oxygen atoms in total. The van der Waals surface area contributed by atoms with E-state index in [1.165, 1.54) is 22.0 Å². The van der Waals surface area contributed by atoms with E-state index in [0.29, 0.717) is 27.3 Å². The zero-order valence-electron chi connectivity index (χ0n) is 12.9. The summed E-state index contributed by atoms with van der Waals surface area (Å²) in [5.41, 5.74) is 0.678. The standard InChI is InChI=1S/C17H16N2O3S/c1-4-9-22-13-6-5-12(10-14(13)21-3)11-15-17(20)19(2)16(23-15)7-8-18/h4-7,10-11H,1,9H2,2-3H3/b15-11-,16-7-. The maximum absolute atomic E-state index is 12.2. The van der Waals surface area contributed by atoms with Crippen molar-refractivity contribution >= 4 is 23.5 Å². The zero-order valence-corrected chi connectivity index (χ0v) is 13.7. The van der Waals surface area contributed by atoms with Crippen LogP contribution in [0.5, 0.6) is 11.5 Å². The molecule has 23 heavy (non-hydrogen) atoms. The van der Waals surface area contributed by atoms with Gasteiger partial charge < -0.3 is 14.0 Å². The van der Waals surface area contributed by atoms with Crippen LogP contribution < -0.4 is 24.2 Å². The van der Waals surface area contributed by atoms with E-state index in [1.54, 1.807) is 38.4 Å². The average molecular weight is 328 g/mol. The van der Waals surface area contributed by atoms with Crippen molar-refractivity contribution in [3.05, 3.63) is 56.0 Å². The third kappa shape index (κ3) is 3.71.